The molecule has 2 atom stereocenters. The second-order valence-corrected chi connectivity index (χ2v) is 2.87. The fraction of sp³-hybridized carbons (Fsp3) is 1.00. The SMILES string of the molecule is Cl.OCCC1CNCC1CO. The summed E-state index contributed by atoms with van der Waals surface area (Å²) in [5.74, 6) is 0.849. The van der Waals surface area contributed by atoms with Gasteiger partial charge in [0, 0.05) is 19.8 Å². The monoisotopic (exact) mass is 181 g/mol. The van der Waals surface area contributed by atoms with Crippen molar-refractivity contribution in [3.05, 3.63) is 0 Å². The lowest BCUT2D eigenvalue weighted by Crippen LogP contribution is -2.17. The van der Waals surface area contributed by atoms with Crippen molar-refractivity contribution in [3.63, 3.8) is 0 Å². The number of aliphatic hydroxyl groups is 2. The van der Waals surface area contributed by atoms with Crippen molar-refractivity contribution in [2.75, 3.05) is 26.3 Å². The van der Waals surface area contributed by atoms with Gasteiger partial charge in [-0.15, -0.1) is 12.4 Å². The van der Waals surface area contributed by atoms with Crippen molar-refractivity contribution < 1.29 is 10.2 Å². The highest BCUT2D eigenvalue weighted by atomic mass is 35.5. The van der Waals surface area contributed by atoms with Crippen LogP contribution in [0.4, 0.5) is 0 Å². The number of halogens is 1. The van der Waals surface area contributed by atoms with Crippen LogP contribution in [0, 0.1) is 11.8 Å². The number of rotatable bonds is 3. The molecule has 68 valence electrons. The van der Waals surface area contributed by atoms with Gasteiger partial charge < -0.3 is 15.5 Å². The third-order valence-corrected chi connectivity index (χ3v) is 2.21. The zero-order chi connectivity index (χ0) is 7.40. The van der Waals surface area contributed by atoms with Crippen LogP contribution in [-0.2, 0) is 0 Å². The molecule has 1 aliphatic rings. The van der Waals surface area contributed by atoms with Crippen molar-refractivity contribution >= 4 is 12.4 Å². The third-order valence-electron chi connectivity index (χ3n) is 2.21. The van der Waals surface area contributed by atoms with E-state index in [2.05, 4.69) is 5.32 Å². The van der Waals surface area contributed by atoms with Crippen LogP contribution in [0.1, 0.15) is 6.42 Å². The van der Waals surface area contributed by atoms with Gasteiger partial charge in [0.05, 0.1) is 0 Å². The first kappa shape index (κ1) is 11.2. The molecule has 1 aliphatic heterocycles. The summed E-state index contributed by atoms with van der Waals surface area (Å²) < 4.78 is 0. The zero-order valence-corrected chi connectivity index (χ0v) is 7.31. The topological polar surface area (TPSA) is 52.5 Å². The Bertz CT molecular complexity index is 102. The molecule has 2 unspecified atom stereocenters. The van der Waals surface area contributed by atoms with Crippen LogP contribution in [0.15, 0.2) is 0 Å². The highest BCUT2D eigenvalue weighted by Gasteiger charge is 2.25. The van der Waals surface area contributed by atoms with Gasteiger partial charge in [-0.2, -0.15) is 0 Å². The number of nitrogens with one attached hydrogen (secondary N) is 1. The van der Waals surface area contributed by atoms with E-state index in [0.29, 0.717) is 11.8 Å². The first-order valence-corrected chi connectivity index (χ1v) is 3.81. The van der Waals surface area contributed by atoms with E-state index in [1.165, 1.54) is 0 Å². The Morgan fingerprint density at radius 1 is 1.18 bits per heavy atom. The summed E-state index contributed by atoms with van der Waals surface area (Å²) >= 11 is 0. The summed E-state index contributed by atoms with van der Waals surface area (Å²) in [4.78, 5) is 0. The lowest BCUT2D eigenvalue weighted by Gasteiger charge is -2.13. The third kappa shape index (κ3) is 2.95. The molecule has 11 heavy (non-hydrogen) atoms. The average molecular weight is 182 g/mol. The van der Waals surface area contributed by atoms with Gasteiger partial charge in [-0.3, -0.25) is 0 Å². The first-order chi connectivity index (χ1) is 4.88. The van der Waals surface area contributed by atoms with Gasteiger partial charge in [-0.1, -0.05) is 0 Å². The Morgan fingerprint density at radius 3 is 2.36 bits per heavy atom. The van der Waals surface area contributed by atoms with Gasteiger partial charge in [-0.25, -0.2) is 0 Å². The highest BCUT2D eigenvalue weighted by molar-refractivity contribution is 5.85. The molecule has 1 fully saturated rings. The maximum absolute atomic E-state index is 8.84. The van der Waals surface area contributed by atoms with Gasteiger partial charge in [0.25, 0.3) is 0 Å². The smallest absolute Gasteiger partial charge is 0.0474 e. The van der Waals surface area contributed by atoms with Crippen LogP contribution < -0.4 is 5.32 Å². The molecule has 4 heteroatoms. The Kier molecular flexibility index (Phi) is 5.86. The summed E-state index contributed by atoms with van der Waals surface area (Å²) in [6.45, 7) is 2.34. The normalized spacial score (nSPS) is 30.0. The summed E-state index contributed by atoms with van der Waals surface area (Å²) in [6.07, 6.45) is 0.818. The molecule has 3 nitrogen and oxygen atoms in total. The van der Waals surface area contributed by atoms with E-state index in [-0.39, 0.29) is 25.6 Å². The molecule has 0 radical (unpaired) electrons. The summed E-state index contributed by atoms with van der Waals surface area (Å²) in [7, 11) is 0. The molecule has 0 bridgehead atoms. The van der Waals surface area contributed by atoms with E-state index in [1.54, 1.807) is 0 Å². The summed E-state index contributed by atoms with van der Waals surface area (Å²) in [5.41, 5.74) is 0. The number of hydrogen-bond donors (Lipinski definition) is 3. The van der Waals surface area contributed by atoms with Crippen molar-refractivity contribution in [2.24, 2.45) is 11.8 Å². The van der Waals surface area contributed by atoms with Crippen LogP contribution in [0.25, 0.3) is 0 Å². The van der Waals surface area contributed by atoms with Crippen LogP contribution in [0.2, 0.25) is 0 Å². The van der Waals surface area contributed by atoms with Crippen LogP contribution in [0.5, 0.6) is 0 Å². The minimum atomic E-state index is 0. The largest absolute Gasteiger partial charge is 0.396 e. The molecular weight excluding hydrogens is 166 g/mol. The predicted molar refractivity (Wildman–Crippen MR) is 45.9 cm³/mol. The second kappa shape index (κ2) is 5.77. The van der Waals surface area contributed by atoms with E-state index in [9.17, 15) is 0 Å². The Balaban J connectivity index is 0.000001000. The van der Waals surface area contributed by atoms with Crippen molar-refractivity contribution in [3.8, 4) is 0 Å². The molecule has 0 saturated carbocycles. The fourth-order valence-electron chi connectivity index (χ4n) is 1.50. The van der Waals surface area contributed by atoms with Crippen LogP contribution in [0.3, 0.4) is 0 Å². The average Bonchev–Trinajstić information content (AvgIpc) is 2.36. The minimum absolute atomic E-state index is 0. The van der Waals surface area contributed by atoms with Gasteiger partial charge in [0.1, 0.15) is 0 Å². The predicted octanol–water partition coefficient (Wildman–Crippen LogP) is -0.382. The molecular formula is C7H16ClNO2. The molecule has 0 aromatic rings. The fourth-order valence-corrected chi connectivity index (χ4v) is 1.50. The molecule has 0 spiro atoms. The van der Waals surface area contributed by atoms with Crippen molar-refractivity contribution in [1.82, 2.24) is 5.32 Å². The molecule has 3 N–H and O–H groups in total. The maximum Gasteiger partial charge on any atom is 0.0474 e. The van der Waals surface area contributed by atoms with Gasteiger partial charge in [0.15, 0.2) is 0 Å². The van der Waals surface area contributed by atoms with Crippen molar-refractivity contribution in [1.29, 1.82) is 0 Å². The molecule has 0 aliphatic carbocycles. The van der Waals surface area contributed by atoms with Gasteiger partial charge >= 0.3 is 0 Å². The van der Waals surface area contributed by atoms with E-state index >= 15 is 0 Å². The number of hydrogen-bond acceptors (Lipinski definition) is 3. The van der Waals surface area contributed by atoms with E-state index in [0.717, 1.165) is 19.5 Å². The Labute approximate surface area is 73.2 Å². The number of aliphatic hydroxyl groups excluding tert-OH is 2. The van der Waals surface area contributed by atoms with E-state index in [1.807, 2.05) is 0 Å². The van der Waals surface area contributed by atoms with Crippen LogP contribution in [-0.4, -0.2) is 36.5 Å². The van der Waals surface area contributed by atoms with Gasteiger partial charge in [0.2, 0.25) is 0 Å². The lowest BCUT2D eigenvalue weighted by molar-refractivity contribution is 0.179. The molecule has 1 saturated heterocycles. The first-order valence-electron chi connectivity index (χ1n) is 3.81. The summed E-state index contributed by atoms with van der Waals surface area (Å²) in [5, 5.41) is 20.7. The van der Waals surface area contributed by atoms with Gasteiger partial charge in [-0.05, 0) is 24.8 Å². The van der Waals surface area contributed by atoms with Crippen LogP contribution >= 0.6 is 12.4 Å². The highest BCUT2D eigenvalue weighted by Crippen LogP contribution is 2.18. The molecule has 0 amide bonds. The molecule has 0 aromatic carbocycles. The quantitative estimate of drug-likeness (QED) is 0.557. The standard InChI is InChI=1S/C7H15NO2.ClH/c9-2-1-6-3-8-4-7(6)5-10;/h6-10H,1-5H2;1H. The lowest BCUT2D eigenvalue weighted by atomic mass is 9.94. The van der Waals surface area contributed by atoms with Crippen molar-refractivity contribution in [2.45, 2.75) is 6.42 Å². The molecule has 0 aromatic heterocycles. The molecule has 1 heterocycles. The minimum Gasteiger partial charge on any atom is -0.396 e. The maximum atomic E-state index is 8.84. The molecule has 1 rings (SSSR count). The Morgan fingerprint density at radius 2 is 1.82 bits per heavy atom. The zero-order valence-electron chi connectivity index (χ0n) is 6.49. The Hall–Kier alpha value is 0.170. The van der Waals surface area contributed by atoms with E-state index in [4.69, 9.17) is 10.2 Å². The summed E-state index contributed by atoms with van der Waals surface area (Å²) in [6, 6.07) is 0. The second-order valence-electron chi connectivity index (χ2n) is 2.87. The van der Waals surface area contributed by atoms with E-state index < -0.39 is 0 Å².